The first-order valence-electron chi connectivity index (χ1n) is 9.01. The van der Waals surface area contributed by atoms with Crippen LogP contribution in [-0.4, -0.2) is 22.8 Å². The van der Waals surface area contributed by atoms with E-state index in [2.05, 4.69) is 19.1 Å². The average molecular weight is 450 g/mol. The molecule has 0 aliphatic rings. The van der Waals surface area contributed by atoms with E-state index in [-0.39, 0.29) is 21.3 Å². The van der Waals surface area contributed by atoms with Crippen LogP contribution in [0, 0.1) is 18.3 Å². The van der Waals surface area contributed by atoms with Gasteiger partial charge in [-0.1, -0.05) is 30.3 Å². The molecule has 4 rings (SSSR count). The predicted octanol–water partition coefficient (Wildman–Crippen LogP) is 4.37. The summed E-state index contributed by atoms with van der Waals surface area (Å²) in [5.74, 6) is 0.677. The van der Waals surface area contributed by atoms with Crippen molar-refractivity contribution in [1.29, 1.82) is 5.26 Å². The zero-order valence-electron chi connectivity index (χ0n) is 16.2. The molecule has 1 N–H and O–H groups in total. The van der Waals surface area contributed by atoms with Gasteiger partial charge in [-0.05, 0) is 37.3 Å². The van der Waals surface area contributed by atoms with E-state index in [1.807, 2.05) is 43.3 Å². The van der Waals surface area contributed by atoms with Crippen LogP contribution in [0.25, 0.3) is 11.3 Å². The largest absolute Gasteiger partial charge is 0.454 e. The Morgan fingerprint density at radius 2 is 1.84 bits per heavy atom. The number of hydrogen-bond donors (Lipinski definition) is 1. The quantitative estimate of drug-likeness (QED) is 0.464. The molecule has 154 valence electrons. The van der Waals surface area contributed by atoms with Gasteiger partial charge >= 0.3 is 0 Å². The lowest BCUT2D eigenvalue weighted by molar-refractivity contribution is 0.480. The van der Waals surface area contributed by atoms with E-state index in [0.717, 1.165) is 22.8 Å². The minimum absolute atomic E-state index is 0.0692. The number of aromatic nitrogens is 3. The van der Waals surface area contributed by atoms with Crippen LogP contribution in [0.2, 0.25) is 0 Å². The van der Waals surface area contributed by atoms with Crippen molar-refractivity contribution in [3.05, 3.63) is 78.2 Å². The van der Waals surface area contributed by atoms with Gasteiger partial charge in [0.2, 0.25) is 5.13 Å². The zero-order chi connectivity index (χ0) is 21.8. The van der Waals surface area contributed by atoms with Crippen LogP contribution in [0.15, 0.2) is 71.9 Å². The number of sulfonamides is 1. The van der Waals surface area contributed by atoms with Crippen LogP contribution >= 0.6 is 11.5 Å². The maximum atomic E-state index is 12.6. The van der Waals surface area contributed by atoms with E-state index in [1.165, 1.54) is 24.5 Å². The number of nitriles is 1. The van der Waals surface area contributed by atoms with Gasteiger partial charge < -0.3 is 4.74 Å². The summed E-state index contributed by atoms with van der Waals surface area (Å²) in [5.41, 5.74) is 2.37. The van der Waals surface area contributed by atoms with E-state index in [0.29, 0.717) is 11.4 Å². The normalized spacial score (nSPS) is 11.0. The number of hydrogen-bond acceptors (Lipinski definition) is 8. The molecule has 0 saturated carbocycles. The molecule has 0 aliphatic heterocycles. The molecule has 2 aromatic carbocycles. The van der Waals surface area contributed by atoms with Gasteiger partial charge in [0.05, 0.1) is 10.5 Å². The Morgan fingerprint density at radius 3 is 2.55 bits per heavy atom. The Kier molecular flexibility index (Phi) is 5.62. The van der Waals surface area contributed by atoms with Crippen LogP contribution in [0.4, 0.5) is 5.13 Å². The van der Waals surface area contributed by atoms with Crippen molar-refractivity contribution in [3.8, 4) is 28.8 Å². The first-order valence-corrected chi connectivity index (χ1v) is 11.3. The summed E-state index contributed by atoms with van der Waals surface area (Å²) in [7, 11) is -3.92. The Morgan fingerprint density at radius 1 is 1.06 bits per heavy atom. The first-order chi connectivity index (χ1) is 15.0. The summed E-state index contributed by atoms with van der Waals surface area (Å²) >= 11 is 0.912. The van der Waals surface area contributed by atoms with Gasteiger partial charge in [0.1, 0.15) is 23.8 Å². The van der Waals surface area contributed by atoms with Crippen molar-refractivity contribution < 1.29 is 13.2 Å². The molecule has 10 heteroatoms. The topological polar surface area (TPSA) is 118 Å². The van der Waals surface area contributed by atoms with Crippen molar-refractivity contribution in [2.24, 2.45) is 0 Å². The second-order valence-electron chi connectivity index (χ2n) is 6.39. The third-order valence-corrected chi connectivity index (χ3v) is 6.28. The maximum absolute atomic E-state index is 12.6. The smallest absolute Gasteiger partial charge is 0.263 e. The molecule has 0 fully saturated rings. The van der Waals surface area contributed by atoms with Crippen LogP contribution in [-0.2, 0) is 10.0 Å². The molecule has 0 bridgehead atoms. The molecule has 2 heterocycles. The lowest BCUT2D eigenvalue weighted by Gasteiger charge is -2.13. The summed E-state index contributed by atoms with van der Waals surface area (Å²) in [5, 5.41) is 9.73. The molecule has 0 spiro atoms. The van der Waals surface area contributed by atoms with Crippen molar-refractivity contribution in [2.75, 3.05) is 4.72 Å². The molecule has 2 aromatic heterocycles. The van der Waals surface area contributed by atoms with Crippen LogP contribution < -0.4 is 9.46 Å². The van der Waals surface area contributed by atoms with Gasteiger partial charge in [0.25, 0.3) is 10.0 Å². The number of nitrogens with one attached hydrogen (secondary N) is 1. The van der Waals surface area contributed by atoms with Crippen LogP contribution in [0.3, 0.4) is 0 Å². The second-order valence-corrected chi connectivity index (χ2v) is 8.85. The van der Waals surface area contributed by atoms with Crippen molar-refractivity contribution in [1.82, 2.24) is 14.3 Å². The molecule has 0 unspecified atom stereocenters. The van der Waals surface area contributed by atoms with E-state index in [4.69, 9.17) is 4.74 Å². The van der Waals surface area contributed by atoms with Gasteiger partial charge in [-0.15, -0.1) is 0 Å². The summed E-state index contributed by atoms with van der Waals surface area (Å²) in [6.45, 7) is 1.88. The average Bonchev–Trinajstić information content (AvgIpc) is 3.28. The summed E-state index contributed by atoms with van der Waals surface area (Å²) in [6.07, 6.45) is 1.25. The first kappa shape index (κ1) is 20.5. The molecule has 0 amide bonds. The number of anilines is 1. The number of aryl methyl sites for hydroxylation is 1. The van der Waals surface area contributed by atoms with E-state index < -0.39 is 10.0 Å². The Labute approximate surface area is 183 Å². The van der Waals surface area contributed by atoms with Crippen molar-refractivity contribution >= 4 is 26.7 Å². The number of pyridine rings is 1. The number of ether oxygens (including phenoxy) is 1. The maximum Gasteiger partial charge on any atom is 0.263 e. The fraction of sp³-hybridized carbons (Fsp3) is 0.0476. The minimum Gasteiger partial charge on any atom is -0.454 e. The Bertz CT molecular complexity index is 1370. The highest BCUT2D eigenvalue weighted by Crippen LogP contribution is 2.34. The van der Waals surface area contributed by atoms with E-state index >= 15 is 0 Å². The van der Waals surface area contributed by atoms with Gasteiger partial charge in [-0.3, -0.25) is 4.72 Å². The molecule has 0 radical (unpaired) electrons. The molecular formula is C21H15N5O3S2. The van der Waals surface area contributed by atoms with Crippen LogP contribution in [0.5, 0.6) is 11.5 Å². The van der Waals surface area contributed by atoms with Gasteiger partial charge in [0.15, 0.2) is 5.75 Å². The lowest BCUT2D eigenvalue weighted by Crippen LogP contribution is -2.13. The summed E-state index contributed by atoms with van der Waals surface area (Å²) in [6, 6.07) is 19.2. The van der Waals surface area contributed by atoms with Gasteiger partial charge in [-0.25, -0.2) is 18.4 Å². The standard InChI is InChI=1S/C21H15N5O3S2/c1-14-7-9-19(20(25-14)15-5-3-2-4-6-15)29-18-10-8-17(11-16(18)12-22)31(27,28)26-21-23-13-24-30-21/h2-11,13H,1H3,(H,23,24,26). The number of rotatable bonds is 6. The molecule has 8 nitrogen and oxygen atoms in total. The minimum atomic E-state index is -3.92. The number of nitrogens with zero attached hydrogens (tertiary/aromatic N) is 4. The molecular weight excluding hydrogens is 434 g/mol. The molecule has 4 aromatic rings. The van der Waals surface area contributed by atoms with Crippen LogP contribution in [0.1, 0.15) is 11.3 Å². The molecule has 31 heavy (non-hydrogen) atoms. The molecule has 0 saturated heterocycles. The highest BCUT2D eigenvalue weighted by atomic mass is 32.2. The van der Waals surface area contributed by atoms with Crippen molar-refractivity contribution in [3.63, 3.8) is 0 Å². The summed E-state index contributed by atoms with van der Waals surface area (Å²) in [4.78, 5) is 8.29. The molecule has 0 aliphatic carbocycles. The third kappa shape index (κ3) is 4.53. The lowest BCUT2D eigenvalue weighted by atomic mass is 10.1. The Balaban J connectivity index is 1.69. The molecule has 0 atom stereocenters. The highest BCUT2D eigenvalue weighted by Gasteiger charge is 2.19. The third-order valence-electron chi connectivity index (χ3n) is 4.23. The zero-order valence-corrected chi connectivity index (χ0v) is 17.8. The Hall–Kier alpha value is -3.81. The van der Waals surface area contributed by atoms with Gasteiger partial charge in [-0.2, -0.15) is 9.64 Å². The number of benzene rings is 2. The fourth-order valence-electron chi connectivity index (χ4n) is 2.79. The SMILES string of the molecule is Cc1ccc(Oc2ccc(S(=O)(=O)Nc3ncns3)cc2C#N)c(-c2ccccc2)n1. The fourth-order valence-corrected chi connectivity index (χ4v) is 4.48. The summed E-state index contributed by atoms with van der Waals surface area (Å²) < 4.78 is 37.2. The van der Waals surface area contributed by atoms with E-state index in [9.17, 15) is 13.7 Å². The monoisotopic (exact) mass is 449 g/mol. The second kappa shape index (κ2) is 8.51. The van der Waals surface area contributed by atoms with Crippen molar-refractivity contribution in [2.45, 2.75) is 11.8 Å². The predicted molar refractivity (Wildman–Crippen MR) is 116 cm³/mol. The highest BCUT2D eigenvalue weighted by molar-refractivity contribution is 7.93. The van der Waals surface area contributed by atoms with E-state index in [1.54, 1.807) is 12.1 Å². The van der Waals surface area contributed by atoms with Gasteiger partial charge in [0, 0.05) is 22.8 Å².